The van der Waals surface area contributed by atoms with Gasteiger partial charge in [0.25, 0.3) is 0 Å². The molecule has 0 aliphatic heterocycles. The summed E-state index contributed by atoms with van der Waals surface area (Å²) in [6.07, 6.45) is -3.45. The van der Waals surface area contributed by atoms with E-state index < -0.39 is 18.9 Å². The second kappa shape index (κ2) is 11.5. The van der Waals surface area contributed by atoms with Crippen LogP contribution in [0.3, 0.4) is 0 Å². The third-order valence-corrected chi connectivity index (χ3v) is 2.59. The van der Waals surface area contributed by atoms with Crippen LogP contribution in [-0.2, 0) is 0 Å². The highest BCUT2D eigenvalue weighted by Crippen LogP contribution is 1.98. The summed E-state index contributed by atoms with van der Waals surface area (Å²) < 4.78 is 0. The van der Waals surface area contributed by atoms with Crippen molar-refractivity contribution < 1.29 is 30.6 Å². The van der Waals surface area contributed by atoms with Crippen LogP contribution in [0.1, 0.15) is 19.3 Å². The Bertz CT molecular complexity index is 192. The zero-order valence-corrected chi connectivity index (χ0v) is 11.0. The van der Waals surface area contributed by atoms with E-state index in [1.807, 2.05) is 4.90 Å². The highest BCUT2D eigenvalue weighted by Gasteiger charge is 2.09. The number of hydrogen-bond acceptors (Lipinski definition) is 8. The lowest BCUT2D eigenvalue weighted by Crippen LogP contribution is -2.36. The fourth-order valence-corrected chi connectivity index (χ4v) is 1.52. The van der Waals surface area contributed by atoms with Gasteiger partial charge in [0.1, 0.15) is 0 Å². The van der Waals surface area contributed by atoms with Crippen LogP contribution in [0.4, 0.5) is 0 Å². The normalized spacial score (nSPS) is 12.3. The van der Waals surface area contributed by atoms with Gasteiger partial charge in [-0.3, -0.25) is 0 Å². The average Bonchev–Trinajstić information content (AvgIpc) is 2.30. The van der Waals surface area contributed by atoms with E-state index in [2.05, 4.69) is 5.32 Å². The van der Waals surface area contributed by atoms with Crippen LogP contribution in [-0.4, -0.2) is 87.1 Å². The van der Waals surface area contributed by atoms with Crippen LogP contribution in [0.15, 0.2) is 0 Å². The van der Waals surface area contributed by atoms with Gasteiger partial charge in [-0.05, 0) is 6.54 Å². The highest BCUT2D eigenvalue weighted by molar-refractivity contribution is 4.62. The molecule has 0 unspecified atom stereocenters. The summed E-state index contributed by atoms with van der Waals surface area (Å²) in [5, 5.41) is 55.5. The molecular formula is C11H26N2O6. The number of aliphatic hydroxyl groups is 6. The molecule has 0 aromatic heterocycles. The first-order valence-corrected chi connectivity index (χ1v) is 6.43. The summed E-state index contributed by atoms with van der Waals surface area (Å²) in [4.78, 5) is 1.88. The second-order valence-electron chi connectivity index (χ2n) is 4.40. The molecular weight excluding hydrogens is 256 g/mol. The van der Waals surface area contributed by atoms with Crippen molar-refractivity contribution in [2.75, 3.05) is 32.7 Å². The van der Waals surface area contributed by atoms with E-state index in [0.717, 1.165) is 0 Å². The van der Waals surface area contributed by atoms with Crippen LogP contribution in [0.2, 0.25) is 0 Å². The van der Waals surface area contributed by atoms with Gasteiger partial charge < -0.3 is 40.9 Å². The first kappa shape index (κ1) is 18.7. The number of nitrogens with zero attached hydrogens (tertiary/aromatic N) is 1. The molecule has 0 amide bonds. The molecule has 0 aliphatic carbocycles. The van der Waals surface area contributed by atoms with Gasteiger partial charge in [0, 0.05) is 45.4 Å². The Morgan fingerprint density at radius 3 is 1.53 bits per heavy atom. The highest BCUT2D eigenvalue weighted by atomic mass is 16.5. The van der Waals surface area contributed by atoms with Crippen molar-refractivity contribution in [2.24, 2.45) is 0 Å². The lowest BCUT2D eigenvalue weighted by molar-refractivity contribution is -0.0597. The Morgan fingerprint density at radius 2 is 1.11 bits per heavy atom. The van der Waals surface area contributed by atoms with Gasteiger partial charge in [0.05, 0.1) is 0 Å². The Morgan fingerprint density at radius 1 is 0.632 bits per heavy atom. The zero-order chi connectivity index (χ0) is 14.7. The van der Waals surface area contributed by atoms with Crippen molar-refractivity contribution in [1.82, 2.24) is 10.2 Å². The topological polar surface area (TPSA) is 137 Å². The molecule has 19 heavy (non-hydrogen) atoms. The molecule has 0 bridgehead atoms. The van der Waals surface area contributed by atoms with Crippen LogP contribution in [0.25, 0.3) is 0 Å². The first-order chi connectivity index (χ1) is 8.91. The summed E-state index contributed by atoms with van der Waals surface area (Å²) in [5.74, 6) is 0. The maximum atomic E-state index is 8.81. The fourth-order valence-electron chi connectivity index (χ4n) is 1.52. The summed E-state index contributed by atoms with van der Waals surface area (Å²) in [5.41, 5.74) is 0. The van der Waals surface area contributed by atoms with Crippen LogP contribution >= 0.6 is 0 Å². The Hall–Kier alpha value is -0.320. The molecule has 0 spiro atoms. The smallest absolute Gasteiger partial charge is 0.152 e. The minimum atomic E-state index is -1.38. The van der Waals surface area contributed by atoms with Gasteiger partial charge in [-0.25, -0.2) is 0 Å². The van der Waals surface area contributed by atoms with Gasteiger partial charge in [0.15, 0.2) is 18.9 Å². The average molecular weight is 282 g/mol. The fraction of sp³-hybridized carbons (Fsp3) is 1.00. The molecule has 0 aromatic carbocycles. The third-order valence-electron chi connectivity index (χ3n) is 2.59. The van der Waals surface area contributed by atoms with Crippen molar-refractivity contribution in [3.05, 3.63) is 0 Å². The molecule has 0 saturated carbocycles. The standard InChI is InChI=1S/C11H26N2O6/c14-9(15)1-4-12-5-8-13(6-2-10(16)17)7-3-11(18)19/h9-12,14-19H,1-8H2. The molecule has 8 heteroatoms. The van der Waals surface area contributed by atoms with E-state index in [0.29, 0.717) is 32.7 Å². The minimum absolute atomic E-state index is 0.191. The molecule has 0 fully saturated rings. The number of aliphatic hydroxyl groups excluding tert-OH is 3. The maximum absolute atomic E-state index is 8.81. The van der Waals surface area contributed by atoms with Crippen LogP contribution < -0.4 is 5.32 Å². The lowest BCUT2D eigenvalue weighted by atomic mass is 10.3. The maximum Gasteiger partial charge on any atom is 0.152 e. The van der Waals surface area contributed by atoms with Crippen molar-refractivity contribution >= 4 is 0 Å². The molecule has 0 heterocycles. The predicted molar refractivity (Wildman–Crippen MR) is 67.8 cm³/mol. The van der Waals surface area contributed by atoms with Crippen molar-refractivity contribution in [2.45, 2.75) is 38.1 Å². The van der Waals surface area contributed by atoms with E-state index >= 15 is 0 Å². The first-order valence-electron chi connectivity index (χ1n) is 6.43. The summed E-state index contributed by atoms with van der Waals surface area (Å²) in [6, 6.07) is 0. The second-order valence-corrected chi connectivity index (χ2v) is 4.40. The molecule has 0 radical (unpaired) electrons. The van der Waals surface area contributed by atoms with Crippen molar-refractivity contribution in [3.63, 3.8) is 0 Å². The van der Waals surface area contributed by atoms with Crippen LogP contribution in [0, 0.1) is 0 Å². The van der Waals surface area contributed by atoms with E-state index in [4.69, 9.17) is 30.6 Å². The van der Waals surface area contributed by atoms with Crippen LogP contribution in [0.5, 0.6) is 0 Å². The van der Waals surface area contributed by atoms with E-state index in [-0.39, 0.29) is 19.3 Å². The molecule has 0 saturated heterocycles. The van der Waals surface area contributed by atoms with Gasteiger partial charge in [0.2, 0.25) is 0 Å². The minimum Gasteiger partial charge on any atom is -0.368 e. The van der Waals surface area contributed by atoms with Gasteiger partial charge in [-0.1, -0.05) is 0 Å². The zero-order valence-electron chi connectivity index (χ0n) is 11.0. The Balaban J connectivity index is 3.77. The van der Waals surface area contributed by atoms with Gasteiger partial charge in [-0.15, -0.1) is 0 Å². The van der Waals surface area contributed by atoms with Crippen molar-refractivity contribution in [3.8, 4) is 0 Å². The quantitative estimate of drug-likeness (QED) is 0.148. The number of hydrogen-bond donors (Lipinski definition) is 7. The molecule has 7 N–H and O–H groups in total. The Kier molecular flexibility index (Phi) is 11.3. The molecule has 0 aromatic rings. The largest absolute Gasteiger partial charge is 0.368 e. The summed E-state index contributed by atoms with van der Waals surface area (Å²) >= 11 is 0. The Labute approximate surface area is 112 Å². The van der Waals surface area contributed by atoms with E-state index in [1.54, 1.807) is 0 Å². The third kappa shape index (κ3) is 13.9. The van der Waals surface area contributed by atoms with Crippen molar-refractivity contribution in [1.29, 1.82) is 0 Å². The molecule has 0 aliphatic rings. The van der Waals surface area contributed by atoms with E-state index in [9.17, 15) is 0 Å². The summed E-state index contributed by atoms with van der Waals surface area (Å²) in [7, 11) is 0. The number of rotatable bonds is 12. The van der Waals surface area contributed by atoms with Gasteiger partial charge in [-0.2, -0.15) is 0 Å². The molecule has 116 valence electrons. The lowest BCUT2D eigenvalue weighted by Gasteiger charge is -2.23. The molecule has 8 nitrogen and oxygen atoms in total. The summed E-state index contributed by atoms with van der Waals surface area (Å²) in [6.45, 7) is 2.54. The number of nitrogens with one attached hydrogen (secondary N) is 1. The van der Waals surface area contributed by atoms with Gasteiger partial charge >= 0.3 is 0 Å². The predicted octanol–water partition coefficient (Wildman–Crippen LogP) is -3.02. The van der Waals surface area contributed by atoms with E-state index in [1.165, 1.54) is 0 Å². The monoisotopic (exact) mass is 282 g/mol. The molecule has 0 atom stereocenters. The SMILES string of the molecule is OC(O)CCNCCN(CCC(O)O)CCC(O)O. The molecule has 0 rings (SSSR count).